The highest BCUT2D eigenvalue weighted by Gasteiger charge is 2.17. The molecule has 0 aliphatic carbocycles. The number of ether oxygens (including phenoxy) is 1. The van der Waals surface area contributed by atoms with Crippen LogP contribution in [0.1, 0.15) is 15.9 Å². The van der Waals surface area contributed by atoms with Crippen LogP contribution in [-0.4, -0.2) is 12.9 Å². The molecule has 92 valence electrons. The van der Waals surface area contributed by atoms with E-state index >= 15 is 0 Å². The Bertz CT molecular complexity index is 596. The first-order valence-electron chi connectivity index (χ1n) is 5.26. The number of carbonyl (C=O) groups excluding carboxylic acids is 1. The second kappa shape index (κ2) is 5.48. The van der Waals surface area contributed by atoms with Gasteiger partial charge in [-0.3, -0.25) is 4.79 Å². The molecular weight excluding hydrogens is 346 g/mol. The quantitative estimate of drug-likeness (QED) is 0.620. The van der Waals surface area contributed by atoms with Gasteiger partial charge in [-0.15, -0.1) is 0 Å². The van der Waals surface area contributed by atoms with E-state index in [1.807, 2.05) is 12.1 Å². The molecule has 0 amide bonds. The van der Waals surface area contributed by atoms with E-state index in [4.69, 9.17) is 4.74 Å². The normalized spacial score (nSPS) is 10.2. The lowest BCUT2D eigenvalue weighted by Gasteiger charge is -2.08. The van der Waals surface area contributed by atoms with Crippen molar-refractivity contribution in [3.63, 3.8) is 0 Å². The fourth-order valence-electron chi connectivity index (χ4n) is 1.65. The van der Waals surface area contributed by atoms with Gasteiger partial charge in [-0.05, 0) is 52.9 Å². The summed E-state index contributed by atoms with van der Waals surface area (Å²) in [6.45, 7) is 0. The number of benzene rings is 2. The average Bonchev–Trinajstić information content (AvgIpc) is 2.38. The molecular formula is C14H10FIO2. The van der Waals surface area contributed by atoms with E-state index in [1.54, 1.807) is 12.1 Å². The summed E-state index contributed by atoms with van der Waals surface area (Å²) in [4.78, 5) is 12.3. The highest BCUT2D eigenvalue weighted by molar-refractivity contribution is 14.1. The maximum Gasteiger partial charge on any atom is 0.197 e. The third kappa shape index (κ3) is 2.53. The molecule has 2 aromatic rings. The molecule has 0 aromatic heterocycles. The largest absolute Gasteiger partial charge is 0.496 e. The number of methoxy groups -OCH3 is 1. The lowest BCUT2D eigenvalue weighted by molar-refractivity contribution is 0.103. The van der Waals surface area contributed by atoms with Crippen LogP contribution >= 0.6 is 22.6 Å². The Hall–Kier alpha value is -1.43. The lowest BCUT2D eigenvalue weighted by atomic mass is 10.0. The number of hydrogen-bond acceptors (Lipinski definition) is 2. The molecule has 0 aliphatic rings. The minimum absolute atomic E-state index is 0.238. The second-order valence-corrected chi connectivity index (χ2v) is 4.82. The van der Waals surface area contributed by atoms with E-state index in [0.717, 1.165) is 3.57 Å². The fourth-order valence-corrected chi connectivity index (χ4v) is 2.28. The summed E-state index contributed by atoms with van der Waals surface area (Å²) in [5.74, 6) is -0.317. The van der Waals surface area contributed by atoms with Gasteiger partial charge in [0.05, 0.1) is 12.7 Å². The molecule has 0 N–H and O–H groups in total. The van der Waals surface area contributed by atoms with Crippen LogP contribution < -0.4 is 4.74 Å². The van der Waals surface area contributed by atoms with E-state index in [0.29, 0.717) is 11.3 Å². The Kier molecular flexibility index (Phi) is 3.96. The maximum absolute atomic E-state index is 13.3. The highest BCUT2D eigenvalue weighted by atomic mass is 127. The molecule has 0 heterocycles. The van der Waals surface area contributed by atoms with Crippen LogP contribution in [0, 0.1) is 9.39 Å². The van der Waals surface area contributed by atoms with Crippen LogP contribution in [0.15, 0.2) is 42.5 Å². The predicted octanol–water partition coefficient (Wildman–Crippen LogP) is 3.67. The van der Waals surface area contributed by atoms with Gasteiger partial charge in [-0.2, -0.15) is 0 Å². The summed E-state index contributed by atoms with van der Waals surface area (Å²) in [6.07, 6.45) is 0. The standard InChI is InChI=1S/C14H10FIO2/c1-18-13-7-6-9(15)8-11(13)14(17)10-4-2-3-5-12(10)16/h2-8H,1H3. The zero-order valence-electron chi connectivity index (χ0n) is 9.61. The van der Waals surface area contributed by atoms with Gasteiger partial charge in [-0.25, -0.2) is 4.39 Å². The van der Waals surface area contributed by atoms with Crippen molar-refractivity contribution in [3.8, 4) is 5.75 Å². The first kappa shape index (κ1) is 13.0. The number of halogens is 2. The Morgan fingerprint density at radius 1 is 1.17 bits per heavy atom. The Morgan fingerprint density at radius 3 is 2.56 bits per heavy atom. The van der Waals surface area contributed by atoms with Gasteiger partial charge in [0, 0.05) is 9.13 Å². The Labute approximate surface area is 118 Å². The summed E-state index contributed by atoms with van der Waals surface area (Å²) >= 11 is 2.08. The number of carbonyl (C=O) groups is 1. The highest BCUT2D eigenvalue weighted by Crippen LogP contribution is 2.24. The second-order valence-electron chi connectivity index (χ2n) is 3.65. The molecule has 2 nitrogen and oxygen atoms in total. The van der Waals surface area contributed by atoms with Crippen LogP contribution in [0.5, 0.6) is 5.75 Å². The molecule has 0 atom stereocenters. The molecule has 4 heteroatoms. The monoisotopic (exact) mass is 356 g/mol. The Morgan fingerprint density at radius 2 is 1.89 bits per heavy atom. The Balaban J connectivity index is 2.52. The van der Waals surface area contributed by atoms with E-state index < -0.39 is 5.82 Å². The van der Waals surface area contributed by atoms with Crippen molar-refractivity contribution >= 4 is 28.4 Å². The zero-order valence-corrected chi connectivity index (χ0v) is 11.8. The van der Waals surface area contributed by atoms with E-state index in [-0.39, 0.29) is 11.3 Å². The molecule has 0 bridgehead atoms. The minimum Gasteiger partial charge on any atom is -0.496 e. The molecule has 0 unspecified atom stereocenters. The van der Waals surface area contributed by atoms with Gasteiger partial charge < -0.3 is 4.74 Å². The zero-order chi connectivity index (χ0) is 13.1. The number of ketones is 1. The predicted molar refractivity (Wildman–Crippen MR) is 75.5 cm³/mol. The van der Waals surface area contributed by atoms with Crippen LogP contribution in [0.3, 0.4) is 0 Å². The average molecular weight is 356 g/mol. The molecule has 2 rings (SSSR count). The van der Waals surface area contributed by atoms with Gasteiger partial charge in [0.1, 0.15) is 11.6 Å². The van der Waals surface area contributed by atoms with Crippen molar-refractivity contribution in [3.05, 3.63) is 63.0 Å². The van der Waals surface area contributed by atoms with Crippen molar-refractivity contribution in [2.24, 2.45) is 0 Å². The van der Waals surface area contributed by atoms with Crippen LogP contribution in [0.2, 0.25) is 0 Å². The smallest absolute Gasteiger partial charge is 0.197 e. The SMILES string of the molecule is COc1ccc(F)cc1C(=O)c1ccccc1I. The summed E-state index contributed by atoms with van der Waals surface area (Å²) in [6, 6.07) is 11.1. The van der Waals surface area contributed by atoms with Crippen LogP contribution in [-0.2, 0) is 0 Å². The first-order valence-corrected chi connectivity index (χ1v) is 6.34. The van der Waals surface area contributed by atoms with E-state index in [1.165, 1.54) is 25.3 Å². The number of rotatable bonds is 3. The molecule has 0 spiro atoms. The van der Waals surface area contributed by atoms with Crippen molar-refractivity contribution in [2.45, 2.75) is 0 Å². The third-order valence-electron chi connectivity index (χ3n) is 2.52. The topological polar surface area (TPSA) is 26.3 Å². The van der Waals surface area contributed by atoms with Crippen LogP contribution in [0.25, 0.3) is 0 Å². The van der Waals surface area contributed by atoms with Crippen molar-refractivity contribution in [2.75, 3.05) is 7.11 Å². The summed E-state index contributed by atoms with van der Waals surface area (Å²) < 4.78 is 19.2. The van der Waals surface area contributed by atoms with Gasteiger partial charge >= 0.3 is 0 Å². The van der Waals surface area contributed by atoms with Crippen molar-refractivity contribution in [1.29, 1.82) is 0 Å². The van der Waals surface area contributed by atoms with Gasteiger partial charge in [0.15, 0.2) is 5.78 Å². The summed E-state index contributed by atoms with van der Waals surface area (Å²) in [5, 5.41) is 0. The van der Waals surface area contributed by atoms with Crippen molar-refractivity contribution < 1.29 is 13.9 Å². The van der Waals surface area contributed by atoms with E-state index in [2.05, 4.69) is 22.6 Å². The van der Waals surface area contributed by atoms with Crippen LogP contribution in [0.4, 0.5) is 4.39 Å². The molecule has 0 saturated heterocycles. The maximum atomic E-state index is 13.3. The van der Waals surface area contributed by atoms with Crippen molar-refractivity contribution in [1.82, 2.24) is 0 Å². The van der Waals surface area contributed by atoms with Gasteiger partial charge in [0.25, 0.3) is 0 Å². The van der Waals surface area contributed by atoms with E-state index in [9.17, 15) is 9.18 Å². The third-order valence-corrected chi connectivity index (χ3v) is 3.47. The molecule has 2 aromatic carbocycles. The first-order chi connectivity index (χ1) is 8.63. The lowest BCUT2D eigenvalue weighted by Crippen LogP contribution is -2.06. The summed E-state index contributed by atoms with van der Waals surface area (Å²) in [5.41, 5.74) is 0.781. The summed E-state index contributed by atoms with van der Waals surface area (Å²) in [7, 11) is 1.46. The van der Waals surface area contributed by atoms with Gasteiger partial charge in [0.2, 0.25) is 0 Å². The molecule has 0 radical (unpaired) electrons. The molecule has 0 saturated carbocycles. The van der Waals surface area contributed by atoms with Gasteiger partial charge in [-0.1, -0.05) is 12.1 Å². The molecule has 0 fully saturated rings. The minimum atomic E-state index is -0.454. The number of hydrogen-bond donors (Lipinski definition) is 0. The fraction of sp³-hybridized carbons (Fsp3) is 0.0714. The molecule has 18 heavy (non-hydrogen) atoms. The molecule has 0 aliphatic heterocycles.